The smallest absolute Gasteiger partial charge is 0.254 e. The van der Waals surface area contributed by atoms with Crippen LogP contribution in [-0.4, -0.2) is 44.9 Å². The van der Waals surface area contributed by atoms with Crippen LogP contribution in [0.25, 0.3) is 0 Å². The zero-order chi connectivity index (χ0) is 19.0. The van der Waals surface area contributed by atoms with Crippen LogP contribution in [0.15, 0.2) is 29.1 Å². The number of halogens is 1. The second-order valence-electron chi connectivity index (χ2n) is 7.28. The molecule has 1 aromatic carbocycles. The van der Waals surface area contributed by atoms with Gasteiger partial charge in [-0.25, -0.2) is 4.98 Å². The number of amides is 1. The first kappa shape index (κ1) is 18.2. The summed E-state index contributed by atoms with van der Waals surface area (Å²) in [6.07, 6.45) is 2.40. The number of hydrogen-bond donors (Lipinski definition) is 0. The number of aromatic nitrogens is 2. The molecule has 0 saturated carbocycles. The van der Waals surface area contributed by atoms with E-state index >= 15 is 0 Å². The van der Waals surface area contributed by atoms with Crippen molar-refractivity contribution in [1.29, 1.82) is 0 Å². The average molecular weight is 387 g/mol. The SMILES string of the molecule is Cc1c(Cl)cccc1C(=O)N1CCn2c(nc(CN3CCCC3)cc2=O)C1. The third-order valence-corrected chi connectivity index (χ3v) is 5.85. The Morgan fingerprint density at radius 2 is 1.96 bits per heavy atom. The number of carbonyl (C=O) groups excluding carboxylic acids is 1. The summed E-state index contributed by atoms with van der Waals surface area (Å²) in [5, 5.41) is 0.584. The van der Waals surface area contributed by atoms with E-state index in [4.69, 9.17) is 16.6 Å². The lowest BCUT2D eigenvalue weighted by Crippen LogP contribution is -2.43. The maximum atomic E-state index is 13.0. The molecule has 0 atom stereocenters. The van der Waals surface area contributed by atoms with Gasteiger partial charge in [0.15, 0.2) is 0 Å². The van der Waals surface area contributed by atoms with Crippen LogP contribution in [0.5, 0.6) is 0 Å². The molecule has 27 heavy (non-hydrogen) atoms. The van der Waals surface area contributed by atoms with Gasteiger partial charge in [0.25, 0.3) is 11.5 Å². The van der Waals surface area contributed by atoms with E-state index < -0.39 is 0 Å². The summed E-state index contributed by atoms with van der Waals surface area (Å²) in [4.78, 5) is 34.2. The normalized spacial score (nSPS) is 17.2. The van der Waals surface area contributed by atoms with E-state index in [9.17, 15) is 9.59 Å². The average Bonchev–Trinajstić information content (AvgIpc) is 3.16. The summed E-state index contributed by atoms with van der Waals surface area (Å²) in [7, 11) is 0. The Labute approximate surface area is 163 Å². The number of hydrogen-bond acceptors (Lipinski definition) is 4. The molecular formula is C20H23ClN4O2. The minimum Gasteiger partial charge on any atom is -0.329 e. The molecule has 3 heterocycles. The summed E-state index contributed by atoms with van der Waals surface area (Å²) >= 11 is 6.17. The Morgan fingerprint density at radius 3 is 2.74 bits per heavy atom. The number of rotatable bonds is 3. The number of carbonyl (C=O) groups is 1. The van der Waals surface area contributed by atoms with E-state index in [0.29, 0.717) is 42.6 Å². The van der Waals surface area contributed by atoms with Crippen LogP contribution < -0.4 is 5.56 Å². The molecule has 0 aliphatic carbocycles. The van der Waals surface area contributed by atoms with Gasteiger partial charge in [0, 0.05) is 36.3 Å². The maximum Gasteiger partial charge on any atom is 0.254 e. The highest BCUT2D eigenvalue weighted by Crippen LogP contribution is 2.22. The van der Waals surface area contributed by atoms with Crippen molar-refractivity contribution in [2.75, 3.05) is 19.6 Å². The number of fused-ring (bicyclic) bond motifs is 1. The molecule has 2 aliphatic rings. The van der Waals surface area contributed by atoms with Crippen molar-refractivity contribution in [3.63, 3.8) is 0 Å². The molecule has 0 radical (unpaired) electrons. The van der Waals surface area contributed by atoms with Gasteiger partial charge in [-0.1, -0.05) is 17.7 Å². The largest absolute Gasteiger partial charge is 0.329 e. The van der Waals surface area contributed by atoms with Crippen LogP contribution in [0.1, 0.15) is 40.3 Å². The molecule has 0 unspecified atom stereocenters. The second-order valence-corrected chi connectivity index (χ2v) is 7.68. The molecule has 1 fully saturated rings. The fraction of sp³-hybridized carbons (Fsp3) is 0.450. The molecule has 0 N–H and O–H groups in total. The lowest BCUT2D eigenvalue weighted by molar-refractivity contribution is 0.0702. The van der Waals surface area contributed by atoms with E-state index in [0.717, 1.165) is 24.3 Å². The van der Waals surface area contributed by atoms with E-state index in [1.807, 2.05) is 6.92 Å². The standard InChI is InChI=1S/C20H23ClN4O2/c1-14-16(5-4-6-17(14)21)20(27)24-9-10-25-18(13-24)22-15(11-19(25)26)12-23-7-2-3-8-23/h4-6,11H,2-3,7-10,12-13H2,1H3. The predicted octanol–water partition coefficient (Wildman–Crippen LogP) is 2.46. The third kappa shape index (κ3) is 3.64. The summed E-state index contributed by atoms with van der Waals surface area (Å²) in [5.74, 6) is 0.594. The van der Waals surface area contributed by atoms with E-state index in [1.165, 1.54) is 12.8 Å². The molecule has 0 spiro atoms. The quantitative estimate of drug-likeness (QED) is 0.813. The Morgan fingerprint density at radius 1 is 1.19 bits per heavy atom. The van der Waals surface area contributed by atoms with Gasteiger partial charge < -0.3 is 4.90 Å². The number of benzene rings is 1. The van der Waals surface area contributed by atoms with Crippen LogP contribution in [0.2, 0.25) is 5.02 Å². The van der Waals surface area contributed by atoms with Crippen LogP contribution >= 0.6 is 11.6 Å². The molecule has 0 bridgehead atoms. The van der Waals surface area contributed by atoms with Crippen molar-refractivity contribution >= 4 is 17.5 Å². The zero-order valence-electron chi connectivity index (χ0n) is 15.4. The van der Waals surface area contributed by atoms with Crippen LogP contribution in [0.3, 0.4) is 0 Å². The lowest BCUT2D eigenvalue weighted by atomic mass is 10.1. The van der Waals surface area contributed by atoms with Crippen LogP contribution in [0, 0.1) is 6.92 Å². The topological polar surface area (TPSA) is 58.4 Å². The van der Waals surface area contributed by atoms with Crippen molar-refractivity contribution in [3.05, 3.63) is 62.3 Å². The Hall–Kier alpha value is -2.18. The third-order valence-electron chi connectivity index (χ3n) is 5.44. The molecule has 4 rings (SSSR count). The summed E-state index contributed by atoms with van der Waals surface area (Å²) in [6.45, 7) is 5.96. The van der Waals surface area contributed by atoms with Crippen molar-refractivity contribution in [2.24, 2.45) is 0 Å². The highest BCUT2D eigenvalue weighted by Gasteiger charge is 2.25. The highest BCUT2D eigenvalue weighted by molar-refractivity contribution is 6.31. The lowest BCUT2D eigenvalue weighted by Gasteiger charge is -2.30. The molecule has 142 valence electrons. The first-order chi connectivity index (χ1) is 13.0. The molecule has 1 aromatic heterocycles. The summed E-state index contributed by atoms with van der Waals surface area (Å²) in [6, 6.07) is 7.01. The van der Waals surface area contributed by atoms with Crippen LogP contribution in [-0.2, 0) is 19.6 Å². The minimum atomic E-state index is -0.0690. The van der Waals surface area contributed by atoms with Crippen LogP contribution in [0.4, 0.5) is 0 Å². The highest BCUT2D eigenvalue weighted by atomic mass is 35.5. The van der Waals surface area contributed by atoms with Gasteiger partial charge in [0.1, 0.15) is 5.82 Å². The van der Waals surface area contributed by atoms with Gasteiger partial charge >= 0.3 is 0 Å². The number of nitrogens with zero attached hydrogens (tertiary/aromatic N) is 4. The monoisotopic (exact) mass is 386 g/mol. The predicted molar refractivity (Wildman–Crippen MR) is 104 cm³/mol. The molecule has 7 heteroatoms. The Bertz CT molecular complexity index is 934. The minimum absolute atomic E-state index is 0.0276. The van der Waals surface area contributed by atoms with Crippen molar-refractivity contribution in [1.82, 2.24) is 19.4 Å². The van der Waals surface area contributed by atoms with Gasteiger partial charge in [-0.3, -0.25) is 19.1 Å². The van der Waals surface area contributed by atoms with Crippen molar-refractivity contribution in [3.8, 4) is 0 Å². The van der Waals surface area contributed by atoms with E-state index in [-0.39, 0.29) is 11.5 Å². The second kappa shape index (κ2) is 7.44. The zero-order valence-corrected chi connectivity index (χ0v) is 16.2. The fourth-order valence-corrected chi connectivity index (χ4v) is 4.04. The van der Waals surface area contributed by atoms with Gasteiger partial charge in [-0.2, -0.15) is 0 Å². The van der Waals surface area contributed by atoms with Gasteiger partial charge in [-0.15, -0.1) is 0 Å². The summed E-state index contributed by atoms with van der Waals surface area (Å²) in [5.41, 5.74) is 2.15. The van der Waals surface area contributed by atoms with Gasteiger partial charge in [-0.05, 0) is 50.6 Å². The molecule has 2 aromatic rings. The summed E-state index contributed by atoms with van der Waals surface area (Å²) < 4.78 is 1.68. The Balaban J connectivity index is 1.58. The van der Waals surface area contributed by atoms with E-state index in [2.05, 4.69) is 4.90 Å². The van der Waals surface area contributed by atoms with E-state index in [1.54, 1.807) is 33.7 Å². The maximum absolute atomic E-state index is 13.0. The molecule has 1 amide bonds. The first-order valence-electron chi connectivity index (χ1n) is 9.39. The van der Waals surface area contributed by atoms with Gasteiger partial charge in [0.05, 0.1) is 12.2 Å². The van der Waals surface area contributed by atoms with Crippen molar-refractivity contribution in [2.45, 2.75) is 39.4 Å². The molecule has 6 nitrogen and oxygen atoms in total. The fourth-order valence-electron chi connectivity index (χ4n) is 3.87. The molecule has 1 saturated heterocycles. The molecule has 2 aliphatic heterocycles. The molecular weight excluding hydrogens is 364 g/mol. The van der Waals surface area contributed by atoms with Crippen molar-refractivity contribution < 1.29 is 4.79 Å². The van der Waals surface area contributed by atoms with Gasteiger partial charge in [0.2, 0.25) is 0 Å². The first-order valence-corrected chi connectivity index (χ1v) is 9.77. The number of likely N-dealkylation sites (tertiary alicyclic amines) is 1. The Kier molecular flexibility index (Phi) is 5.02.